The Hall–Kier alpha value is -2.49. The molecule has 2 aliphatic heterocycles. The number of ether oxygens (including phenoxy) is 1. The fraction of sp³-hybridized carbons (Fsp3) is 0.208. The molecule has 0 N–H and O–H groups in total. The van der Waals surface area contributed by atoms with Gasteiger partial charge in [0.25, 0.3) is 0 Å². The summed E-state index contributed by atoms with van der Waals surface area (Å²) in [6.07, 6.45) is 0.513. The third kappa shape index (κ3) is 3.29. The molecule has 0 spiro atoms. The van der Waals surface area contributed by atoms with Gasteiger partial charge in [0.2, 0.25) is 6.23 Å². The molecule has 3 nitrogen and oxygen atoms in total. The lowest BCUT2D eigenvalue weighted by atomic mass is 9.95. The summed E-state index contributed by atoms with van der Waals surface area (Å²) in [6, 6.07) is 20.2. The van der Waals surface area contributed by atoms with Gasteiger partial charge in [-0.05, 0) is 55.3 Å². The Kier molecular flexibility index (Phi) is 4.53. The summed E-state index contributed by atoms with van der Waals surface area (Å²) >= 11 is 12.4. The first-order valence-electron chi connectivity index (χ1n) is 9.64. The summed E-state index contributed by atoms with van der Waals surface area (Å²) in [6.45, 7) is 4.23. The van der Waals surface area contributed by atoms with Crippen LogP contribution in [0.4, 0.5) is 0 Å². The van der Waals surface area contributed by atoms with E-state index in [2.05, 4.69) is 37.1 Å². The lowest BCUT2D eigenvalue weighted by molar-refractivity contribution is -0.0194. The molecule has 3 aromatic rings. The van der Waals surface area contributed by atoms with Gasteiger partial charge in [0.05, 0.1) is 11.8 Å². The van der Waals surface area contributed by atoms with Crippen LogP contribution in [0.2, 0.25) is 10.0 Å². The van der Waals surface area contributed by atoms with Crippen molar-refractivity contribution < 1.29 is 4.74 Å². The molecule has 0 saturated carbocycles. The molecule has 0 radical (unpaired) electrons. The summed E-state index contributed by atoms with van der Waals surface area (Å²) in [5.74, 6) is 0.869. The Morgan fingerprint density at radius 3 is 2.41 bits per heavy atom. The van der Waals surface area contributed by atoms with Crippen molar-refractivity contribution in [1.82, 2.24) is 5.01 Å². The standard InChI is InChI=1S/C24H20Cl2N2O/c1-14-3-9-19(15(2)11-14)24-28-22(20-12-18(26)8-10-23(20)29-24)13-21(27-28)16-4-6-17(25)7-5-16/h3-12,22,24H,13H2,1-2H3/t22-,24+/m1/s1. The highest BCUT2D eigenvalue weighted by Gasteiger charge is 2.41. The molecule has 0 unspecified atom stereocenters. The second kappa shape index (κ2) is 7.08. The number of nitrogens with zero attached hydrogens (tertiary/aromatic N) is 2. The van der Waals surface area contributed by atoms with E-state index in [0.717, 1.165) is 39.6 Å². The molecule has 0 aliphatic carbocycles. The molecule has 5 heteroatoms. The highest BCUT2D eigenvalue weighted by Crippen LogP contribution is 2.48. The fourth-order valence-corrected chi connectivity index (χ4v) is 4.49. The van der Waals surface area contributed by atoms with Crippen LogP contribution in [0, 0.1) is 13.8 Å². The van der Waals surface area contributed by atoms with Crippen molar-refractivity contribution in [2.24, 2.45) is 5.10 Å². The van der Waals surface area contributed by atoms with Crippen molar-refractivity contribution in [3.05, 3.63) is 98.5 Å². The first-order valence-corrected chi connectivity index (χ1v) is 10.4. The Bertz CT molecular complexity index is 1120. The Labute approximate surface area is 180 Å². The van der Waals surface area contributed by atoms with Crippen molar-refractivity contribution in [3.63, 3.8) is 0 Å². The number of aryl methyl sites for hydroxylation is 2. The van der Waals surface area contributed by atoms with Gasteiger partial charge in [-0.1, -0.05) is 59.1 Å². The van der Waals surface area contributed by atoms with Crippen molar-refractivity contribution >= 4 is 28.9 Å². The second-order valence-electron chi connectivity index (χ2n) is 7.67. The van der Waals surface area contributed by atoms with Gasteiger partial charge in [0.15, 0.2) is 0 Å². The number of fused-ring (bicyclic) bond motifs is 3. The monoisotopic (exact) mass is 422 g/mol. The Balaban J connectivity index is 1.62. The normalized spacial score (nSPS) is 20.0. The van der Waals surface area contributed by atoms with Gasteiger partial charge in [-0.3, -0.25) is 0 Å². The van der Waals surface area contributed by atoms with Gasteiger partial charge in [0, 0.05) is 27.6 Å². The van der Waals surface area contributed by atoms with E-state index in [9.17, 15) is 0 Å². The molecule has 146 valence electrons. The van der Waals surface area contributed by atoms with Crippen LogP contribution >= 0.6 is 23.2 Å². The summed E-state index contributed by atoms with van der Waals surface area (Å²) in [4.78, 5) is 0. The molecule has 3 aromatic carbocycles. The Morgan fingerprint density at radius 1 is 0.897 bits per heavy atom. The molecular formula is C24H20Cl2N2O. The lowest BCUT2D eigenvalue weighted by Crippen LogP contribution is -2.34. The average molecular weight is 423 g/mol. The third-order valence-electron chi connectivity index (χ3n) is 5.62. The van der Waals surface area contributed by atoms with Crippen molar-refractivity contribution in [3.8, 4) is 5.75 Å². The van der Waals surface area contributed by atoms with Crippen LogP contribution in [0.15, 0.2) is 65.8 Å². The molecule has 29 heavy (non-hydrogen) atoms. The fourth-order valence-electron chi connectivity index (χ4n) is 4.18. The minimum absolute atomic E-state index is 0.0776. The molecule has 0 amide bonds. The molecule has 0 aromatic heterocycles. The van der Waals surface area contributed by atoms with Gasteiger partial charge < -0.3 is 4.74 Å². The number of hydrogen-bond donors (Lipinski definition) is 0. The molecule has 0 bridgehead atoms. The summed E-state index contributed by atoms with van der Waals surface area (Å²) in [5.41, 5.74) is 6.73. The number of halogens is 2. The zero-order valence-electron chi connectivity index (χ0n) is 16.2. The van der Waals surface area contributed by atoms with E-state index in [1.54, 1.807) is 0 Å². The molecule has 2 atom stereocenters. The van der Waals surface area contributed by atoms with Gasteiger partial charge in [-0.15, -0.1) is 0 Å². The molecular weight excluding hydrogens is 403 g/mol. The van der Waals surface area contributed by atoms with Crippen LogP contribution in [0.3, 0.4) is 0 Å². The minimum Gasteiger partial charge on any atom is -0.464 e. The summed E-state index contributed by atoms with van der Waals surface area (Å²) < 4.78 is 6.45. The van der Waals surface area contributed by atoms with Crippen molar-refractivity contribution in [1.29, 1.82) is 0 Å². The minimum atomic E-state index is -0.279. The maximum absolute atomic E-state index is 6.45. The summed E-state index contributed by atoms with van der Waals surface area (Å²) in [7, 11) is 0. The van der Waals surface area contributed by atoms with Crippen LogP contribution in [0.1, 0.15) is 46.5 Å². The predicted octanol–water partition coefficient (Wildman–Crippen LogP) is 6.85. The van der Waals surface area contributed by atoms with E-state index < -0.39 is 0 Å². The zero-order chi connectivity index (χ0) is 20.1. The maximum atomic E-state index is 6.45. The highest BCUT2D eigenvalue weighted by atomic mass is 35.5. The molecule has 5 rings (SSSR count). The van der Waals surface area contributed by atoms with Crippen LogP contribution in [-0.2, 0) is 0 Å². The van der Waals surface area contributed by atoms with Crippen LogP contribution < -0.4 is 4.74 Å². The molecule has 2 aliphatic rings. The lowest BCUT2D eigenvalue weighted by Gasteiger charge is -2.38. The molecule has 0 saturated heterocycles. The topological polar surface area (TPSA) is 24.8 Å². The summed E-state index contributed by atoms with van der Waals surface area (Å²) in [5, 5.41) is 8.51. The number of benzene rings is 3. The number of hydrazone groups is 1. The zero-order valence-corrected chi connectivity index (χ0v) is 17.7. The van der Waals surface area contributed by atoms with Crippen LogP contribution in [0.5, 0.6) is 5.75 Å². The molecule has 0 fully saturated rings. The van der Waals surface area contributed by atoms with E-state index in [1.807, 2.05) is 42.5 Å². The average Bonchev–Trinajstić information content (AvgIpc) is 3.14. The van der Waals surface area contributed by atoms with E-state index in [1.165, 1.54) is 11.1 Å². The molecule has 2 heterocycles. The van der Waals surface area contributed by atoms with E-state index in [-0.39, 0.29) is 12.3 Å². The van der Waals surface area contributed by atoms with Gasteiger partial charge in [0.1, 0.15) is 5.75 Å². The van der Waals surface area contributed by atoms with Gasteiger partial charge in [-0.2, -0.15) is 5.10 Å². The van der Waals surface area contributed by atoms with Crippen molar-refractivity contribution in [2.75, 3.05) is 0 Å². The first-order chi connectivity index (χ1) is 14.0. The van der Waals surface area contributed by atoms with Gasteiger partial charge in [-0.25, -0.2) is 5.01 Å². The van der Waals surface area contributed by atoms with Crippen LogP contribution in [0.25, 0.3) is 0 Å². The van der Waals surface area contributed by atoms with Crippen LogP contribution in [-0.4, -0.2) is 10.7 Å². The quantitative estimate of drug-likeness (QED) is 0.450. The highest BCUT2D eigenvalue weighted by molar-refractivity contribution is 6.31. The Morgan fingerprint density at radius 2 is 1.66 bits per heavy atom. The predicted molar refractivity (Wildman–Crippen MR) is 118 cm³/mol. The van der Waals surface area contributed by atoms with Crippen molar-refractivity contribution in [2.45, 2.75) is 32.5 Å². The van der Waals surface area contributed by atoms with E-state index >= 15 is 0 Å². The largest absolute Gasteiger partial charge is 0.464 e. The first kappa shape index (κ1) is 18.5. The smallest absolute Gasteiger partial charge is 0.214 e. The number of rotatable bonds is 2. The third-order valence-corrected chi connectivity index (χ3v) is 6.11. The van der Waals surface area contributed by atoms with Gasteiger partial charge >= 0.3 is 0 Å². The number of hydrogen-bond acceptors (Lipinski definition) is 3. The maximum Gasteiger partial charge on any atom is 0.214 e. The van der Waals surface area contributed by atoms with E-state index in [4.69, 9.17) is 33.0 Å². The van der Waals surface area contributed by atoms with E-state index in [0.29, 0.717) is 5.02 Å². The SMILES string of the molecule is Cc1ccc([C@@H]2Oc3ccc(Cl)cc3[C@H]3CC(c4ccc(Cl)cc4)=NN32)c(C)c1. The second-order valence-corrected chi connectivity index (χ2v) is 8.54.